The topological polar surface area (TPSA) is 35.2 Å². The second-order valence-corrected chi connectivity index (χ2v) is 4.75. The van der Waals surface area contributed by atoms with Gasteiger partial charge in [-0.25, -0.2) is 4.39 Å². The first kappa shape index (κ1) is 13.6. The largest absolute Gasteiger partial charge is 0.489 e. The van der Waals surface area contributed by atoms with Crippen molar-refractivity contribution in [3.05, 3.63) is 65.0 Å². The normalized spacial score (nSPS) is 12.2. The van der Waals surface area contributed by atoms with Crippen molar-refractivity contribution in [2.24, 2.45) is 5.73 Å². The number of benzene rings is 2. The molecule has 2 N–H and O–H groups in total. The van der Waals surface area contributed by atoms with Crippen molar-refractivity contribution >= 4 is 0 Å². The lowest BCUT2D eigenvalue weighted by atomic mass is 10.1. The number of aryl methyl sites for hydroxylation is 1. The Balaban J connectivity index is 2.06. The van der Waals surface area contributed by atoms with E-state index in [9.17, 15) is 4.39 Å². The van der Waals surface area contributed by atoms with Gasteiger partial charge in [-0.2, -0.15) is 0 Å². The molecule has 0 heterocycles. The average Bonchev–Trinajstić information content (AvgIpc) is 2.36. The van der Waals surface area contributed by atoms with Crippen LogP contribution < -0.4 is 10.5 Å². The van der Waals surface area contributed by atoms with E-state index >= 15 is 0 Å². The summed E-state index contributed by atoms with van der Waals surface area (Å²) in [4.78, 5) is 0. The highest BCUT2D eigenvalue weighted by atomic mass is 19.1. The molecule has 0 spiro atoms. The molecule has 0 aliphatic carbocycles. The third kappa shape index (κ3) is 3.55. The summed E-state index contributed by atoms with van der Waals surface area (Å²) in [7, 11) is 0. The van der Waals surface area contributed by atoms with Gasteiger partial charge in [-0.1, -0.05) is 35.9 Å². The highest BCUT2D eigenvalue weighted by molar-refractivity contribution is 5.31. The molecule has 2 aromatic carbocycles. The maximum atomic E-state index is 13.7. The molecule has 0 radical (unpaired) electrons. The predicted molar refractivity (Wildman–Crippen MR) is 74.5 cm³/mol. The second kappa shape index (κ2) is 5.85. The zero-order valence-corrected chi connectivity index (χ0v) is 11.2. The van der Waals surface area contributed by atoms with E-state index < -0.39 is 0 Å². The number of ether oxygens (including phenoxy) is 1. The van der Waals surface area contributed by atoms with Gasteiger partial charge in [0, 0.05) is 17.7 Å². The minimum absolute atomic E-state index is 0.314. The minimum Gasteiger partial charge on any atom is -0.489 e. The molecule has 0 fully saturated rings. The van der Waals surface area contributed by atoms with Crippen LogP contribution in [0.3, 0.4) is 0 Å². The lowest BCUT2D eigenvalue weighted by molar-refractivity contribution is 0.304. The molecule has 19 heavy (non-hydrogen) atoms. The molecule has 0 amide bonds. The van der Waals surface area contributed by atoms with Crippen LogP contribution >= 0.6 is 0 Å². The summed E-state index contributed by atoms with van der Waals surface area (Å²) in [6.45, 7) is 4.21. The van der Waals surface area contributed by atoms with Crippen LogP contribution in [0.2, 0.25) is 0 Å². The van der Waals surface area contributed by atoms with Gasteiger partial charge in [-0.05, 0) is 25.5 Å². The van der Waals surface area contributed by atoms with Crippen molar-refractivity contribution in [1.29, 1.82) is 0 Å². The van der Waals surface area contributed by atoms with Crippen molar-refractivity contribution in [3.8, 4) is 5.75 Å². The summed E-state index contributed by atoms with van der Waals surface area (Å²) in [6.07, 6.45) is 0. The van der Waals surface area contributed by atoms with E-state index in [-0.39, 0.29) is 11.9 Å². The van der Waals surface area contributed by atoms with Gasteiger partial charge < -0.3 is 10.5 Å². The zero-order chi connectivity index (χ0) is 13.8. The van der Waals surface area contributed by atoms with Crippen molar-refractivity contribution in [2.45, 2.75) is 26.5 Å². The highest BCUT2D eigenvalue weighted by Crippen LogP contribution is 2.21. The van der Waals surface area contributed by atoms with Crippen LogP contribution in [-0.2, 0) is 6.61 Å². The number of hydrogen-bond acceptors (Lipinski definition) is 2. The first-order valence-electron chi connectivity index (χ1n) is 6.29. The fourth-order valence-corrected chi connectivity index (χ4v) is 1.94. The SMILES string of the molecule is Cc1cccc(COc2ccc([C@H](C)N)c(F)c2)c1. The monoisotopic (exact) mass is 259 g/mol. The molecule has 3 heteroatoms. The molecule has 0 bridgehead atoms. The van der Waals surface area contributed by atoms with Crippen molar-refractivity contribution in [3.63, 3.8) is 0 Å². The highest BCUT2D eigenvalue weighted by Gasteiger charge is 2.08. The Hall–Kier alpha value is -1.87. The second-order valence-electron chi connectivity index (χ2n) is 4.75. The molecule has 0 saturated heterocycles. The van der Waals surface area contributed by atoms with Gasteiger partial charge in [-0.3, -0.25) is 0 Å². The first-order valence-corrected chi connectivity index (χ1v) is 6.29. The molecule has 0 unspecified atom stereocenters. The molecular weight excluding hydrogens is 241 g/mol. The van der Waals surface area contributed by atoms with Gasteiger partial charge in [-0.15, -0.1) is 0 Å². The number of hydrogen-bond donors (Lipinski definition) is 1. The van der Waals surface area contributed by atoms with Crippen LogP contribution in [0.25, 0.3) is 0 Å². The Morgan fingerprint density at radius 2 is 2.00 bits per heavy atom. The molecular formula is C16H18FNO. The van der Waals surface area contributed by atoms with Gasteiger partial charge in [0.15, 0.2) is 0 Å². The molecule has 0 saturated carbocycles. The van der Waals surface area contributed by atoms with Gasteiger partial charge in [0.2, 0.25) is 0 Å². The summed E-state index contributed by atoms with van der Waals surface area (Å²) < 4.78 is 19.3. The predicted octanol–water partition coefficient (Wildman–Crippen LogP) is 3.73. The molecule has 1 atom stereocenters. The Kier molecular flexibility index (Phi) is 4.17. The van der Waals surface area contributed by atoms with Gasteiger partial charge in [0.25, 0.3) is 0 Å². The van der Waals surface area contributed by atoms with Crippen molar-refractivity contribution < 1.29 is 9.13 Å². The molecule has 0 aliphatic heterocycles. The van der Waals surface area contributed by atoms with Crippen molar-refractivity contribution in [2.75, 3.05) is 0 Å². The Morgan fingerprint density at radius 3 is 2.63 bits per heavy atom. The average molecular weight is 259 g/mol. The Bertz CT molecular complexity index is 566. The van der Waals surface area contributed by atoms with Crippen LogP contribution in [-0.4, -0.2) is 0 Å². The van der Waals surface area contributed by atoms with E-state index in [0.717, 1.165) is 5.56 Å². The molecule has 2 nitrogen and oxygen atoms in total. The van der Waals surface area contributed by atoms with Gasteiger partial charge in [0.05, 0.1) is 0 Å². The van der Waals surface area contributed by atoms with E-state index in [4.69, 9.17) is 10.5 Å². The Labute approximate surface area is 113 Å². The number of nitrogens with two attached hydrogens (primary N) is 1. The van der Waals surface area contributed by atoms with E-state index in [1.807, 2.05) is 31.2 Å². The van der Waals surface area contributed by atoms with Crippen LogP contribution in [0.4, 0.5) is 4.39 Å². The summed E-state index contributed by atoms with van der Waals surface area (Å²) in [5.74, 6) is 0.195. The van der Waals surface area contributed by atoms with Crippen LogP contribution in [0.15, 0.2) is 42.5 Å². The van der Waals surface area contributed by atoms with E-state index in [2.05, 4.69) is 0 Å². The zero-order valence-electron chi connectivity index (χ0n) is 11.2. The van der Waals surface area contributed by atoms with Gasteiger partial charge in [0.1, 0.15) is 18.2 Å². The maximum Gasteiger partial charge on any atom is 0.131 e. The fourth-order valence-electron chi connectivity index (χ4n) is 1.94. The quantitative estimate of drug-likeness (QED) is 0.908. The molecule has 0 aromatic heterocycles. The van der Waals surface area contributed by atoms with Crippen LogP contribution in [0, 0.1) is 12.7 Å². The summed E-state index contributed by atoms with van der Waals surface area (Å²) in [5, 5.41) is 0. The number of rotatable bonds is 4. The molecule has 0 aliphatic rings. The smallest absolute Gasteiger partial charge is 0.131 e. The van der Waals surface area contributed by atoms with Crippen molar-refractivity contribution in [1.82, 2.24) is 0 Å². The van der Waals surface area contributed by atoms with E-state index in [1.165, 1.54) is 11.6 Å². The number of halogens is 1. The summed E-state index contributed by atoms with van der Waals surface area (Å²) >= 11 is 0. The summed E-state index contributed by atoms with van der Waals surface area (Å²) in [6, 6.07) is 12.5. The van der Waals surface area contributed by atoms with Crippen LogP contribution in [0.5, 0.6) is 5.75 Å². The van der Waals surface area contributed by atoms with E-state index in [0.29, 0.717) is 17.9 Å². The summed E-state index contributed by atoms with van der Waals surface area (Å²) in [5.41, 5.74) is 8.41. The molecule has 100 valence electrons. The van der Waals surface area contributed by atoms with Crippen LogP contribution in [0.1, 0.15) is 29.7 Å². The molecule has 2 aromatic rings. The first-order chi connectivity index (χ1) is 9.06. The third-order valence-electron chi connectivity index (χ3n) is 2.95. The lowest BCUT2D eigenvalue weighted by Gasteiger charge is -2.10. The standard InChI is InChI=1S/C16H18FNO/c1-11-4-3-5-13(8-11)10-19-14-6-7-15(12(2)18)16(17)9-14/h3-9,12H,10,18H2,1-2H3/t12-/m0/s1. The lowest BCUT2D eigenvalue weighted by Crippen LogP contribution is -2.07. The third-order valence-corrected chi connectivity index (χ3v) is 2.95. The van der Waals surface area contributed by atoms with Gasteiger partial charge >= 0.3 is 0 Å². The fraction of sp³-hybridized carbons (Fsp3) is 0.250. The molecule has 2 rings (SSSR count). The van der Waals surface area contributed by atoms with E-state index in [1.54, 1.807) is 19.1 Å². The Morgan fingerprint density at radius 1 is 1.21 bits per heavy atom. The maximum absolute atomic E-state index is 13.7. The minimum atomic E-state index is -0.322.